The summed E-state index contributed by atoms with van der Waals surface area (Å²) < 4.78 is 23.5. The number of aliphatic hydroxyl groups excluding tert-OH is 1. The third-order valence-electron chi connectivity index (χ3n) is 3.09. The topological polar surface area (TPSA) is 57.6 Å². The van der Waals surface area contributed by atoms with Gasteiger partial charge in [0.05, 0.1) is 16.8 Å². The van der Waals surface area contributed by atoms with Crippen molar-refractivity contribution in [1.29, 1.82) is 0 Å². The van der Waals surface area contributed by atoms with Crippen LogP contribution in [0, 0.1) is 0 Å². The molecule has 1 unspecified atom stereocenters. The van der Waals surface area contributed by atoms with Crippen LogP contribution in [0.15, 0.2) is 29.2 Å². The molecule has 0 aromatic heterocycles. The maximum absolute atomic E-state index is 11.8. The number of sulfone groups is 1. The number of hydrogen-bond acceptors (Lipinski definition) is 4. The number of hydrogen-bond donors (Lipinski definition) is 1. The lowest BCUT2D eigenvalue weighted by Gasteiger charge is -2.18. The molecule has 0 saturated carbocycles. The summed E-state index contributed by atoms with van der Waals surface area (Å²) >= 11 is 0. The van der Waals surface area contributed by atoms with E-state index >= 15 is 0 Å². The van der Waals surface area contributed by atoms with E-state index < -0.39 is 9.84 Å². The second-order valence-corrected chi connectivity index (χ2v) is 6.57. The smallest absolute Gasteiger partial charge is 0.178 e. The van der Waals surface area contributed by atoms with Crippen LogP contribution in [0.25, 0.3) is 0 Å². The van der Waals surface area contributed by atoms with Gasteiger partial charge in [0.15, 0.2) is 9.84 Å². The van der Waals surface area contributed by atoms with E-state index in [1.165, 1.54) is 0 Å². The molecular formula is C12H17NO3S. The Hall–Kier alpha value is -1.07. The predicted octanol–water partition coefficient (Wildman–Crippen LogP) is 1.05. The molecule has 17 heavy (non-hydrogen) atoms. The molecular weight excluding hydrogens is 238 g/mol. The van der Waals surface area contributed by atoms with Crippen LogP contribution in [0.5, 0.6) is 0 Å². The Morgan fingerprint density at radius 1 is 1.47 bits per heavy atom. The molecule has 0 radical (unpaired) electrons. The molecule has 1 aliphatic heterocycles. The third-order valence-corrected chi connectivity index (χ3v) is 4.82. The summed E-state index contributed by atoms with van der Waals surface area (Å²) in [5.41, 5.74) is 0.871. The van der Waals surface area contributed by atoms with Crippen LogP contribution in [-0.4, -0.2) is 38.5 Å². The summed E-state index contributed by atoms with van der Waals surface area (Å²) in [6.07, 6.45) is 0.437. The number of anilines is 1. The standard InChI is InChI=1S/C12H17NO3S/c1-2-17(15,16)12-5-3-4-10(8-12)13-7-6-11(14)9-13/h3-5,8,11,14H,2,6-7,9H2,1H3. The normalized spacial score (nSPS) is 20.8. The Morgan fingerprint density at radius 2 is 2.24 bits per heavy atom. The van der Waals surface area contributed by atoms with Crippen molar-refractivity contribution in [1.82, 2.24) is 0 Å². The molecule has 94 valence electrons. The summed E-state index contributed by atoms with van der Waals surface area (Å²) in [7, 11) is -3.15. The molecule has 1 aromatic carbocycles. The molecule has 2 rings (SSSR count). The van der Waals surface area contributed by atoms with Gasteiger partial charge in [0.25, 0.3) is 0 Å². The van der Waals surface area contributed by atoms with E-state index in [0.29, 0.717) is 11.4 Å². The minimum atomic E-state index is -3.15. The van der Waals surface area contributed by atoms with Gasteiger partial charge in [-0.05, 0) is 24.6 Å². The van der Waals surface area contributed by atoms with Crippen molar-refractivity contribution in [3.63, 3.8) is 0 Å². The number of β-amino-alcohol motifs (C(OH)–C–C–N with tert-alkyl or cyclic N) is 1. The lowest BCUT2D eigenvalue weighted by atomic mass is 10.3. The van der Waals surface area contributed by atoms with Crippen molar-refractivity contribution in [2.24, 2.45) is 0 Å². The predicted molar refractivity (Wildman–Crippen MR) is 67.0 cm³/mol. The van der Waals surface area contributed by atoms with Crippen LogP contribution in [0.1, 0.15) is 13.3 Å². The molecule has 1 saturated heterocycles. The number of benzene rings is 1. The van der Waals surface area contributed by atoms with E-state index in [1.54, 1.807) is 25.1 Å². The van der Waals surface area contributed by atoms with Crippen LogP contribution < -0.4 is 4.90 Å². The minimum Gasteiger partial charge on any atom is -0.391 e. The molecule has 4 nitrogen and oxygen atoms in total. The maximum Gasteiger partial charge on any atom is 0.178 e. The molecule has 1 fully saturated rings. The number of nitrogens with zero attached hydrogens (tertiary/aromatic N) is 1. The summed E-state index contributed by atoms with van der Waals surface area (Å²) in [5, 5.41) is 9.48. The van der Waals surface area contributed by atoms with Gasteiger partial charge in [0.1, 0.15) is 0 Å². The second-order valence-electron chi connectivity index (χ2n) is 4.29. The Balaban J connectivity index is 2.29. The molecule has 1 aliphatic rings. The lowest BCUT2D eigenvalue weighted by Crippen LogP contribution is -2.21. The van der Waals surface area contributed by atoms with Crippen LogP contribution in [0.2, 0.25) is 0 Å². The van der Waals surface area contributed by atoms with E-state index in [-0.39, 0.29) is 11.9 Å². The maximum atomic E-state index is 11.8. The summed E-state index contributed by atoms with van der Waals surface area (Å²) in [4.78, 5) is 2.37. The molecule has 1 atom stereocenters. The Kier molecular flexibility index (Phi) is 3.40. The average Bonchev–Trinajstić information content (AvgIpc) is 2.76. The Morgan fingerprint density at radius 3 is 2.82 bits per heavy atom. The largest absolute Gasteiger partial charge is 0.391 e. The SMILES string of the molecule is CCS(=O)(=O)c1cccc(N2CCC(O)C2)c1. The Bertz CT molecular complexity index is 498. The molecule has 1 aromatic rings. The van der Waals surface area contributed by atoms with Gasteiger partial charge in [-0.3, -0.25) is 0 Å². The van der Waals surface area contributed by atoms with Gasteiger partial charge in [-0.25, -0.2) is 8.42 Å². The quantitative estimate of drug-likeness (QED) is 0.877. The van der Waals surface area contributed by atoms with Crippen LogP contribution in [0.4, 0.5) is 5.69 Å². The number of aliphatic hydroxyl groups is 1. The minimum absolute atomic E-state index is 0.110. The zero-order valence-corrected chi connectivity index (χ0v) is 10.7. The van der Waals surface area contributed by atoms with E-state index in [9.17, 15) is 13.5 Å². The fourth-order valence-corrected chi connectivity index (χ4v) is 2.94. The van der Waals surface area contributed by atoms with Crippen molar-refractivity contribution >= 4 is 15.5 Å². The van der Waals surface area contributed by atoms with Crippen molar-refractivity contribution in [3.8, 4) is 0 Å². The molecule has 1 heterocycles. The van der Waals surface area contributed by atoms with Crippen molar-refractivity contribution in [3.05, 3.63) is 24.3 Å². The van der Waals surface area contributed by atoms with Crippen molar-refractivity contribution < 1.29 is 13.5 Å². The highest BCUT2D eigenvalue weighted by molar-refractivity contribution is 7.91. The first-order valence-corrected chi connectivity index (χ1v) is 7.44. The first-order valence-electron chi connectivity index (χ1n) is 5.79. The van der Waals surface area contributed by atoms with Crippen LogP contribution >= 0.6 is 0 Å². The fraction of sp³-hybridized carbons (Fsp3) is 0.500. The van der Waals surface area contributed by atoms with E-state index in [4.69, 9.17) is 0 Å². The summed E-state index contributed by atoms with van der Waals surface area (Å²) in [5.74, 6) is 0.110. The van der Waals surface area contributed by atoms with Gasteiger partial charge in [-0.1, -0.05) is 13.0 Å². The van der Waals surface area contributed by atoms with Gasteiger partial charge in [-0.2, -0.15) is 0 Å². The van der Waals surface area contributed by atoms with E-state index in [0.717, 1.165) is 18.7 Å². The fourth-order valence-electron chi connectivity index (χ4n) is 2.02. The lowest BCUT2D eigenvalue weighted by molar-refractivity contribution is 0.198. The monoisotopic (exact) mass is 255 g/mol. The van der Waals surface area contributed by atoms with Gasteiger partial charge in [0, 0.05) is 18.8 Å². The highest BCUT2D eigenvalue weighted by Gasteiger charge is 2.21. The van der Waals surface area contributed by atoms with Crippen LogP contribution in [0.3, 0.4) is 0 Å². The van der Waals surface area contributed by atoms with Gasteiger partial charge < -0.3 is 10.0 Å². The van der Waals surface area contributed by atoms with E-state index in [2.05, 4.69) is 0 Å². The molecule has 0 amide bonds. The zero-order valence-electron chi connectivity index (χ0n) is 9.83. The van der Waals surface area contributed by atoms with Gasteiger partial charge in [0.2, 0.25) is 0 Å². The first kappa shape index (κ1) is 12.4. The molecule has 0 aliphatic carbocycles. The molecule has 0 spiro atoms. The van der Waals surface area contributed by atoms with Gasteiger partial charge >= 0.3 is 0 Å². The van der Waals surface area contributed by atoms with Crippen molar-refractivity contribution in [2.75, 3.05) is 23.7 Å². The average molecular weight is 255 g/mol. The zero-order chi connectivity index (χ0) is 12.5. The second kappa shape index (κ2) is 4.66. The molecule has 0 bridgehead atoms. The van der Waals surface area contributed by atoms with Gasteiger partial charge in [-0.15, -0.1) is 0 Å². The molecule has 5 heteroatoms. The Labute approximate surface area is 102 Å². The highest BCUT2D eigenvalue weighted by atomic mass is 32.2. The number of rotatable bonds is 3. The van der Waals surface area contributed by atoms with Crippen molar-refractivity contribution in [2.45, 2.75) is 24.3 Å². The third kappa shape index (κ3) is 2.61. The summed E-state index contributed by atoms with van der Waals surface area (Å²) in [6.45, 7) is 2.99. The first-order chi connectivity index (χ1) is 8.03. The highest BCUT2D eigenvalue weighted by Crippen LogP contribution is 2.23. The summed E-state index contributed by atoms with van der Waals surface area (Å²) in [6, 6.07) is 6.95. The van der Waals surface area contributed by atoms with Crippen LogP contribution in [-0.2, 0) is 9.84 Å². The van der Waals surface area contributed by atoms with E-state index in [1.807, 2.05) is 11.0 Å². The molecule has 1 N–H and O–H groups in total.